The number of nitrogens with one attached hydrogen (secondary N) is 4. The first kappa shape index (κ1) is 72.7. The number of hydrogen-bond donors (Lipinski definition) is 8. The summed E-state index contributed by atoms with van der Waals surface area (Å²) in [5, 5.41) is 50.1. The molecular formula is C74H81N9O12S3. The van der Waals surface area contributed by atoms with Gasteiger partial charge in [0.15, 0.2) is 0 Å². The van der Waals surface area contributed by atoms with Crippen molar-refractivity contribution in [3.8, 4) is 42.8 Å². The number of thiazole rings is 3. The van der Waals surface area contributed by atoms with E-state index in [2.05, 4.69) is 48.4 Å². The van der Waals surface area contributed by atoms with Crippen LogP contribution in [-0.4, -0.2) is 150 Å². The van der Waals surface area contributed by atoms with E-state index in [1.165, 1.54) is 26.8 Å². The van der Waals surface area contributed by atoms with Gasteiger partial charge in [-0.05, 0) is 130 Å². The number of carbonyl (C=O) groups is 6. The minimum absolute atomic E-state index is 0.0565. The van der Waals surface area contributed by atoms with Crippen LogP contribution in [-0.2, 0) is 34.0 Å². The zero-order chi connectivity index (χ0) is 69.8. The monoisotopic (exact) mass is 1380 g/mol. The largest absolute Gasteiger partial charge is 0.494 e. The van der Waals surface area contributed by atoms with Gasteiger partial charge in [0.25, 0.3) is 11.8 Å². The highest BCUT2D eigenvalue weighted by molar-refractivity contribution is 7.14. The van der Waals surface area contributed by atoms with Gasteiger partial charge in [0.1, 0.15) is 23.6 Å². The lowest BCUT2D eigenvalue weighted by molar-refractivity contribution is -0.125. The molecule has 21 nitrogen and oxygen atoms in total. The second-order valence-corrected chi connectivity index (χ2v) is 26.3. The normalized spacial score (nSPS) is 17.6. The van der Waals surface area contributed by atoms with Crippen molar-refractivity contribution in [2.75, 3.05) is 32.8 Å². The number of carboxylic acid groups (broad SMARTS) is 1. The molecule has 0 spiro atoms. The summed E-state index contributed by atoms with van der Waals surface area (Å²) in [7, 11) is 0. The average molecular weight is 1380 g/mol. The number of nitrogens with zero attached hydrogens (tertiary/aromatic N) is 5. The van der Waals surface area contributed by atoms with Gasteiger partial charge in [0.2, 0.25) is 17.7 Å². The first-order valence-corrected chi connectivity index (χ1v) is 34.9. The number of aromatic nitrogens is 3. The van der Waals surface area contributed by atoms with E-state index >= 15 is 0 Å². The molecule has 3 saturated heterocycles. The van der Waals surface area contributed by atoms with Crippen LogP contribution in [0.4, 0.5) is 0 Å². The number of carboxylic acids is 1. The minimum Gasteiger partial charge on any atom is -0.494 e. The molecule has 3 aliphatic rings. The maximum absolute atomic E-state index is 13.1. The minimum atomic E-state index is -0.934. The zero-order valence-corrected chi connectivity index (χ0v) is 57.8. The highest BCUT2D eigenvalue weighted by Crippen LogP contribution is 2.31. The van der Waals surface area contributed by atoms with Crippen LogP contribution in [0.5, 0.6) is 11.5 Å². The lowest BCUT2D eigenvalue weighted by Gasteiger charge is -2.24. The van der Waals surface area contributed by atoms with Gasteiger partial charge in [-0.15, -0.1) is 34.0 Å². The van der Waals surface area contributed by atoms with Gasteiger partial charge in [0, 0.05) is 63.2 Å². The quantitative estimate of drug-likeness (QED) is 0.0373. The van der Waals surface area contributed by atoms with Crippen molar-refractivity contribution in [3.05, 3.63) is 218 Å². The maximum Gasteiger partial charge on any atom is 0.335 e. The number of carbonyl (C=O) groups excluding carboxylic acids is 5. The summed E-state index contributed by atoms with van der Waals surface area (Å²) in [6, 6.07) is 43.0. The molecule has 6 aromatic carbocycles. The van der Waals surface area contributed by atoms with Gasteiger partial charge in [-0.3, -0.25) is 24.0 Å². The molecule has 0 bridgehead atoms. The number of aliphatic hydroxyl groups is 3. The smallest absolute Gasteiger partial charge is 0.335 e. The summed E-state index contributed by atoms with van der Waals surface area (Å²) >= 11 is 4.83. The number of aryl methyl sites for hydroxylation is 4. The number of amides is 5. The Hall–Kier alpha value is -9.53. The third-order valence-electron chi connectivity index (χ3n) is 16.4. The van der Waals surface area contributed by atoms with E-state index in [1.54, 1.807) is 82.5 Å². The molecule has 98 heavy (non-hydrogen) atoms. The van der Waals surface area contributed by atoms with Crippen LogP contribution in [0.3, 0.4) is 0 Å². The van der Waals surface area contributed by atoms with Gasteiger partial charge >= 0.3 is 5.97 Å². The van der Waals surface area contributed by atoms with E-state index in [9.17, 15) is 44.1 Å². The number of β-amino-alcohol motifs (C(OH)–C–C–N with tert-alkyl or cyclic N) is 3. The summed E-state index contributed by atoms with van der Waals surface area (Å²) in [6.45, 7) is 14.6. The molecule has 6 heterocycles. The number of ether oxygens (including phenoxy) is 2. The van der Waals surface area contributed by atoms with E-state index in [0.29, 0.717) is 68.4 Å². The third kappa shape index (κ3) is 19.8. The number of benzene rings is 6. The number of hydrogen-bond acceptors (Lipinski definition) is 18. The fourth-order valence-corrected chi connectivity index (χ4v) is 13.8. The number of aromatic carboxylic acids is 1. The molecule has 0 aliphatic carbocycles. The fraction of sp³-hybridized carbons (Fsp3) is 0.311. The molecular weight excluding hydrogens is 1300 g/mol. The Morgan fingerprint density at radius 1 is 0.490 bits per heavy atom. The molecule has 0 saturated carbocycles. The Bertz CT molecular complexity index is 4160. The van der Waals surface area contributed by atoms with Crippen LogP contribution >= 0.6 is 34.0 Å². The summed E-state index contributed by atoms with van der Waals surface area (Å²) in [5.74, 6) is -0.848. The Morgan fingerprint density at radius 3 is 1.22 bits per heavy atom. The van der Waals surface area contributed by atoms with Crippen LogP contribution in [0.25, 0.3) is 31.3 Å². The van der Waals surface area contributed by atoms with E-state index in [4.69, 9.17) is 14.6 Å². The van der Waals surface area contributed by atoms with E-state index in [-0.39, 0.29) is 67.1 Å². The Balaban J connectivity index is 0.000000161. The predicted molar refractivity (Wildman–Crippen MR) is 379 cm³/mol. The van der Waals surface area contributed by atoms with Crippen molar-refractivity contribution in [1.29, 1.82) is 0 Å². The van der Waals surface area contributed by atoms with Crippen LogP contribution in [0.15, 0.2) is 162 Å². The van der Waals surface area contributed by atoms with Gasteiger partial charge in [-0.25, -0.2) is 19.7 Å². The molecule has 0 radical (unpaired) electrons. The molecule has 9 aromatic rings. The molecule has 3 aliphatic heterocycles. The van der Waals surface area contributed by atoms with Crippen molar-refractivity contribution in [2.45, 2.75) is 117 Å². The lowest BCUT2D eigenvalue weighted by atomic mass is 10.1. The van der Waals surface area contributed by atoms with Gasteiger partial charge in [-0.1, -0.05) is 103 Å². The zero-order valence-electron chi connectivity index (χ0n) is 55.3. The van der Waals surface area contributed by atoms with Crippen molar-refractivity contribution >= 4 is 69.5 Å². The van der Waals surface area contributed by atoms with Gasteiger partial charge < -0.3 is 61.0 Å². The maximum atomic E-state index is 13.1. The lowest BCUT2D eigenvalue weighted by Crippen LogP contribution is -2.45. The fourth-order valence-electron chi connectivity index (χ4n) is 11.4. The first-order chi connectivity index (χ1) is 47.2. The van der Waals surface area contributed by atoms with E-state index in [1.807, 2.05) is 131 Å². The second-order valence-electron chi connectivity index (χ2n) is 23.7. The van der Waals surface area contributed by atoms with Gasteiger partial charge in [-0.2, -0.15) is 0 Å². The molecule has 24 heteroatoms. The van der Waals surface area contributed by atoms with Crippen LogP contribution < -0.4 is 30.7 Å². The molecule has 8 N–H and O–H groups in total. The summed E-state index contributed by atoms with van der Waals surface area (Å²) in [4.78, 5) is 93.5. The average Bonchev–Trinajstić information content (AvgIpc) is 1.66. The molecule has 512 valence electrons. The topological polar surface area (TPSA) is 295 Å². The molecule has 3 fully saturated rings. The van der Waals surface area contributed by atoms with Crippen molar-refractivity contribution in [2.24, 2.45) is 0 Å². The number of likely N-dealkylation sites (tertiary alicyclic amines) is 2. The van der Waals surface area contributed by atoms with Crippen LogP contribution in [0, 0.1) is 27.7 Å². The Morgan fingerprint density at radius 2 is 0.867 bits per heavy atom. The van der Waals surface area contributed by atoms with Crippen LogP contribution in [0.1, 0.15) is 104 Å². The summed E-state index contributed by atoms with van der Waals surface area (Å²) in [5.41, 5.74) is 17.1. The second kappa shape index (κ2) is 35.1. The first-order valence-electron chi connectivity index (χ1n) is 32.2. The number of rotatable bonds is 19. The SMILES string of the molecule is CCOc1cccc(C(=O)N2C[C@H](O)C[C@H]2C(=O)NCc2ccc(-c3scnc3C)cc2)c1.CCOc1cccc(C(=O)O)c1.Cc1cccc(C(=O)N2C[C@H](O)C[C@H]2C(=O)NCc2ccc(-c3scnc3C)cc2)c1.Cc1ncsc1-c1ccc(CNC(=O)[C@@H]2C[C@@H](O)CN2)cc1. The van der Waals surface area contributed by atoms with E-state index in [0.717, 1.165) is 65.8 Å². The Labute approximate surface area is 581 Å². The Kier molecular flexibility index (Phi) is 26.1. The molecule has 0 unspecified atom stereocenters. The predicted octanol–water partition coefficient (Wildman–Crippen LogP) is 9.97. The van der Waals surface area contributed by atoms with Crippen LogP contribution in [0.2, 0.25) is 0 Å². The highest BCUT2D eigenvalue weighted by atomic mass is 32.1. The van der Waals surface area contributed by atoms with Crippen molar-refractivity contribution in [3.63, 3.8) is 0 Å². The molecule has 6 atom stereocenters. The molecule has 5 amide bonds. The van der Waals surface area contributed by atoms with Crippen molar-refractivity contribution < 1.29 is 58.7 Å². The standard InChI is InChI=1S/C25H27N3O4S.C24H25N3O3S.C16H19N3O2S.C9H10O3/c1-3-32-21-6-4-5-19(11-21)25(31)28-14-20(29)12-22(28)24(30)26-13-17-7-9-18(10-8-17)23-16(2)27-15-33-23;1-15-4-3-5-19(10-15)24(30)27-13-20(28)11-21(27)23(29)25-12-17-6-8-18(9-7-17)22-16(2)26-14-31-22;1-10-15(22-9-19-10)12-4-2-11(3-5-12)7-18-16(21)14-6-13(20)8-17-14;1-2-12-8-5-3-4-7(6-8)9(10)11/h4-11,15,20,22,29H,3,12-14H2,1-2H3,(H,26,30);3-10,14,20-21,28H,11-13H2,1-2H3,(H,25,29);2-5,9,13-14,17,20H,6-8H2,1H3,(H,18,21);3-6H,2H2,1H3,(H,10,11)/t20-,22+;20-,21+;13-,14+;/m111./s1. The summed E-state index contributed by atoms with van der Waals surface area (Å²) in [6.07, 6.45) is -0.917. The van der Waals surface area contributed by atoms with E-state index < -0.39 is 36.4 Å². The third-order valence-corrected chi connectivity index (χ3v) is 19.4. The highest BCUT2D eigenvalue weighted by Gasteiger charge is 2.41. The van der Waals surface area contributed by atoms with Crippen molar-refractivity contribution in [1.82, 2.24) is 46.0 Å². The molecule has 12 rings (SSSR count). The van der Waals surface area contributed by atoms with Gasteiger partial charge in [0.05, 0.1) is 91.4 Å². The number of aliphatic hydroxyl groups excluding tert-OH is 3. The summed E-state index contributed by atoms with van der Waals surface area (Å²) < 4.78 is 10.6. The molecule has 3 aromatic heterocycles.